The van der Waals surface area contributed by atoms with E-state index in [2.05, 4.69) is 18.7 Å². The third-order valence-electron chi connectivity index (χ3n) is 7.52. The number of phosphoric ester groups is 1. The molecular formula is C19H28FN5O13P2S2. The van der Waals surface area contributed by atoms with Gasteiger partial charge in [0.1, 0.15) is 29.6 Å². The first kappa shape index (κ1) is 32.5. The molecule has 0 bridgehead atoms. The van der Waals surface area contributed by atoms with E-state index in [0.717, 1.165) is 11.5 Å². The van der Waals surface area contributed by atoms with Gasteiger partial charge in [-0.25, -0.2) is 23.2 Å². The second-order valence-corrected chi connectivity index (χ2v) is 15.4. The van der Waals surface area contributed by atoms with Gasteiger partial charge in [0.15, 0.2) is 23.6 Å². The number of aliphatic hydroxyl groups excluding tert-OH is 4. The Hall–Kier alpha value is -0.940. The van der Waals surface area contributed by atoms with Crippen molar-refractivity contribution in [1.29, 1.82) is 0 Å². The van der Waals surface area contributed by atoms with E-state index in [1.165, 1.54) is 13.3 Å². The Morgan fingerprint density at radius 1 is 1.29 bits per heavy atom. The highest BCUT2D eigenvalue weighted by atomic mass is 32.5. The lowest BCUT2D eigenvalue weighted by Gasteiger charge is -2.49. The van der Waals surface area contributed by atoms with Gasteiger partial charge in [0, 0.05) is 0 Å². The number of halogens is 1. The van der Waals surface area contributed by atoms with E-state index in [9.17, 15) is 34.8 Å². The summed E-state index contributed by atoms with van der Waals surface area (Å²) in [7, 11) is -5.35. The summed E-state index contributed by atoms with van der Waals surface area (Å²) in [6, 6.07) is -1.34. The Bertz CT molecular complexity index is 1440. The number of nitrogens with two attached hydrogens (primary N) is 2. The number of ether oxygens (including phenoxy) is 2. The van der Waals surface area contributed by atoms with Crippen molar-refractivity contribution < 1.29 is 67.1 Å². The number of aliphatic hydroxyl groups is 5. The molecule has 11 N–H and O–H groups in total. The number of anilines is 1. The average molecular weight is 680 g/mol. The molecule has 18 nitrogen and oxygen atoms in total. The minimum atomic E-state index is -5.35. The second kappa shape index (κ2) is 11.1. The Morgan fingerprint density at radius 3 is 2.64 bits per heavy atom. The summed E-state index contributed by atoms with van der Waals surface area (Å²) >= 11 is 5.66. The number of rotatable bonds is 10. The largest absolute Gasteiger partial charge is 0.481 e. The maximum atomic E-state index is 15.8. The first-order chi connectivity index (χ1) is 19.4. The second-order valence-electron chi connectivity index (χ2n) is 10.2. The van der Waals surface area contributed by atoms with Gasteiger partial charge in [0.05, 0.1) is 54.3 Å². The zero-order valence-electron chi connectivity index (χ0n) is 21.4. The van der Waals surface area contributed by atoms with E-state index in [-0.39, 0.29) is 21.7 Å². The molecule has 2 aliphatic heterocycles. The average Bonchev–Trinajstić information content (AvgIpc) is 3.44. The molecule has 42 heavy (non-hydrogen) atoms. The van der Waals surface area contributed by atoms with E-state index in [1.54, 1.807) is 0 Å². The van der Waals surface area contributed by atoms with Gasteiger partial charge >= 0.3 is 14.5 Å². The Kier molecular flexibility index (Phi) is 8.61. The normalized spacial score (nSPS) is 41.7. The number of alkyl halides is 1. The Labute approximate surface area is 245 Å². The van der Waals surface area contributed by atoms with Gasteiger partial charge in [0.25, 0.3) is 0 Å². The molecule has 3 fully saturated rings. The molecule has 23 heteroatoms. The predicted molar refractivity (Wildman–Crippen MR) is 141 cm³/mol. The molecule has 0 spiro atoms. The number of hydrogen-bond donors (Lipinski definition) is 9. The molecule has 5 rings (SSSR count). The molecular weight excluding hydrogens is 651 g/mol. The molecule has 236 valence electrons. The number of aromatic nitrogens is 3. The van der Waals surface area contributed by atoms with E-state index >= 15 is 4.39 Å². The van der Waals surface area contributed by atoms with Crippen LogP contribution in [0.4, 0.5) is 10.2 Å². The summed E-state index contributed by atoms with van der Waals surface area (Å²) in [6.07, 6.45) is -8.54. The van der Waals surface area contributed by atoms with Crippen LogP contribution in [-0.4, -0.2) is 111 Å². The van der Waals surface area contributed by atoms with Gasteiger partial charge in [-0.15, -0.1) is 0 Å². The zero-order chi connectivity index (χ0) is 31.0. The number of nitrogen functional groups attached to an aromatic ring is 1. The highest BCUT2D eigenvalue weighted by Crippen LogP contribution is 2.65. The summed E-state index contributed by atoms with van der Waals surface area (Å²) in [5.41, 5.74) is 10.2. The topological polar surface area (TPSA) is 296 Å². The van der Waals surface area contributed by atoms with Crippen LogP contribution in [0, 0.1) is 11.8 Å². The van der Waals surface area contributed by atoms with Crippen LogP contribution in [0.3, 0.4) is 0 Å². The van der Waals surface area contributed by atoms with Crippen LogP contribution < -0.4 is 11.5 Å². The van der Waals surface area contributed by atoms with Crippen molar-refractivity contribution in [3.63, 3.8) is 0 Å². The molecule has 1 aliphatic carbocycles. The smallest absolute Gasteiger partial charge is 0.394 e. The summed E-state index contributed by atoms with van der Waals surface area (Å²) in [6.45, 7) is -5.03. The molecule has 3 aliphatic rings. The van der Waals surface area contributed by atoms with Crippen LogP contribution in [0.1, 0.15) is 17.9 Å². The highest BCUT2D eigenvalue weighted by molar-refractivity contribution is 8.08. The highest BCUT2D eigenvalue weighted by Gasteiger charge is 2.73. The van der Waals surface area contributed by atoms with E-state index in [4.69, 9.17) is 46.9 Å². The third kappa shape index (κ3) is 5.43. The summed E-state index contributed by atoms with van der Waals surface area (Å²) in [4.78, 5) is 28.8. The van der Waals surface area contributed by atoms with Crippen LogP contribution in [0.25, 0.3) is 11.0 Å². The van der Waals surface area contributed by atoms with E-state index < -0.39 is 93.9 Å². The molecule has 2 aromatic rings. The fourth-order valence-corrected chi connectivity index (χ4v) is 9.46. The van der Waals surface area contributed by atoms with Crippen molar-refractivity contribution in [3.05, 3.63) is 11.2 Å². The molecule has 8 unspecified atom stereocenters. The van der Waals surface area contributed by atoms with Crippen LogP contribution in [0.15, 0.2) is 6.33 Å². The quantitative estimate of drug-likeness (QED) is 0.121. The van der Waals surface area contributed by atoms with Crippen molar-refractivity contribution in [2.45, 2.75) is 61.2 Å². The lowest BCUT2D eigenvalue weighted by molar-refractivity contribution is -0.427. The third-order valence-corrected chi connectivity index (χ3v) is 11.9. The van der Waals surface area contributed by atoms with Crippen molar-refractivity contribution in [1.82, 2.24) is 14.3 Å². The van der Waals surface area contributed by atoms with E-state index in [0.29, 0.717) is 0 Å². The van der Waals surface area contributed by atoms with Crippen LogP contribution >= 0.6 is 26.1 Å². The SMILES string of the molecule is C[C@@]1(F)[C@H](N)[C@@H](COP(O)(=S)OP(=O)(O)OC2OC3(O)C2C(O)C(O)C3[C@@H](O)CO)O[C@H]1c1snc2c(N)ncnc12. The first-order valence-electron chi connectivity index (χ1n) is 12.1. The van der Waals surface area contributed by atoms with Crippen molar-refractivity contribution >= 4 is 54.7 Å². The Morgan fingerprint density at radius 2 is 1.98 bits per heavy atom. The van der Waals surface area contributed by atoms with Gasteiger partial charge in [-0.2, -0.15) is 4.37 Å². The molecule has 2 saturated heterocycles. The summed E-state index contributed by atoms with van der Waals surface area (Å²) in [5, 5.41) is 50.1. The molecule has 1 saturated carbocycles. The predicted octanol–water partition coefficient (Wildman–Crippen LogP) is -2.10. The standard InChI is InChI=1S/C19H28FN5O13P2S2/c1-18(20)14(21)6(35-15(18)13-9-10(25-42-13)16(22)24-4-23-9)3-34-40(33,41)38-39(31,32)37-17-8-12(29)11(28)7(5(27)2-26)19(8,30)36-17/h4-8,11-12,14-15,17,26-30H,2-3,21H2,1H3,(H,31,32)(H,33,41)(H2,22,23,24)/t5-,6+,7?,8?,11?,12?,14+,15-,17?,18+,19?,40?/m0/s1. The monoisotopic (exact) mass is 679 g/mol. The van der Waals surface area contributed by atoms with Crippen molar-refractivity contribution in [3.8, 4) is 0 Å². The number of hydrogen-bond acceptors (Lipinski definition) is 18. The minimum Gasteiger partial charge on any atom is -0.394 e. The van der Waals surface area contributed by atoms with Crippen LogP contribution in [0.2, 0.25) is 0 Å². The van der Waals surface area contributed by atoms with Crippen LogP contribution in [0.5, 0.6) is 0 Å². The van der Waals surface area contributed by atoms with Gasteiger partial charge in [0.2, 0.25) is 0 Å². The fraction of sp³-hybridized carbons (Fsp3) is 0.737. The van der Waals surface area contributed by atoms with Gasteiger partial charge < -0.3 is 60.8 Å². The lowest BCUT2D eigenvalue weighted by Crippen LogP contribution is -2.64. The molecule has 0 radical (unpaired) electrons. The van der Waals surface area contributed by atoms with Gasteiger partial charge in [-0.1, -0.05) is 0 Å². The molecule has 4 heterocycles. The van der Waals surface area contributed by atoms with Crippen molar-refractivity contribution in [2.75, 3.05) is 18.9 Å². The summed E-state index contributed by atoms with van der Waals surface area (Å²) < 4.78 is 57.8. The molecule has 2 aromatic heterocycles. The maximum absolute atomic E-state index is 15.8. The van der Waals surface area contributed by atoms with Crippen LogP contribution in [-0.2, 0) is 39.2 Å². The first-order valence-corrected chi connectivity index (χ1v) is 17.0. The van der Waals surface area contributed by atoms with Crippen molar-refractivity contribution in [2.24, 2.45) is 17.6 Å². The van der Waals surface area contributed by atoms with E-state index in [1.807, 2.05) is 0 Å². The van der Waals surface area contributed by atoms with Gasteiger partial charge in [-0.05, 0) is 30.3 Å². The number of phosphoric acid groups is 1. The fourth-order valence-electron chi connectivity index (χ4n) is 5.38. The number of nitrogens with zero attached hydrogens (tertiary/aromatic N) is 3. The maximum Gasteiger partial charge on any atom is 0.481 e. The van der Waals surface area contributed by atoms with Gasteiger partial charge in [-0.3, -0.25) is 4.52 Å². The molecule has 13 atom stereocenters. The minimum absolute atomic E-state index is 0.0807. The summed E-state index contributed by atoms with van der Waals surface area (Å²) in [5.74, 6) is -5.49. The zero-order valence-corrected chi connectivity index (χ0v) is 24.8. The number of fused-ring (bicyclic) bond motifs is 2. The molecule has 0 aromatic carbocycles. The molecule has 0 amide bonds. The lowest BCUT2D eigenvalue weighted by atomic mass is 9.86. The Balaban J connectivity index is 1.22.